The fraction of sp³-hybridized carbons (Fsp3) is 0.900. The molecule has 1 N–H and O–H groups in total. The van der Waals surface area contributed by atoms with Gasteiger partial charge in [-0.2, -0.15) is 13.2 Å². The topological polar surface area (TPSA) is 24.4 Å². The van der Waals surface area contributed by atoms with Crippen LogP contribution in [-0.4, -0.2) is 29.7 Å². The third-order valence-corrected chi connectivity index (χ3v) is 3.35. The van der Waals surface area contributed by atoms with Crippen molar-refractivity contribution in [3.05, 3.63) is 0 Å². The Labute approximate surface area is 98.1 Å². The van der Waals surface area contributed by atoms with Crippen molar-refractivity contribution in [2.75, 3.05) is 12.3 Å². The first kappa shape index (κ1) is 13.7. The molecule has 2 nitrogen and oxygen atoms in total. The van der Waals surface area contributed by atoms with Crippen molar-refractivity contribution in [3.8, 4) is 0 Å². The summed E-state index contributed by atoms with van der Waals surface area (Å²) in [5.41, 5.74) is 0.0416. The lowest BCUT2D eigenvalue weighted by Crippen LogP contribution is -2.46. The lowest BCUT2D eigenvalue weighted by Gasteiger charge is -2.35. The first-order valence-corrected chi connectivity index (χ1v) is 6.17. The van der Waals surface area contributed by atoms with Crippen molar-refractivity contribution in [2.45, 2.75) is 39.4 Å². The SMILES string of the molecule is CC(C)(C)C1CCSC(=NCC(F)(F)F)N1. The van der Waals surface area contributed by atoms with E-state index in [0.717, 1.165) is 12.2 Å². The highest BCUT2D eigenvalue weighted by Gasteiger charge is 2.30. The third-order valence-electron chi connectivity index (χ3n) is 2.39. The van der Waals surface area contributed by atoms with Crippen LogP contribution in [0.3, 0.4) is 0 Å². The summed E-state index contributed by atoms with van der Waals surface area (Å²) < 4.78 is 36.0. The number of hydrogen-bond acceptors (Lipinski definition) is 2. The number of aliphatic imine (C=N–C) groups is 1. The Bertz CT molecular complexity index is 268. The van der Waals surface area contributed by atoms with Crippen LogP contribution in [0, 0.1) is 5.41 Å². The molecule has 1 aliphatic heterocycles. The maximum Gasteiger partial charge on any atom is 0.408 e. The van der Waals surface area contributed by atoms with Crippen LogP contribution in [0.25, 0.3) is 0 Å². The van der Waals surface area contributed by atoms with E-state index in [0.29, 0.717) is 5.17 Å². The van der Waals surface area contributed by atoms with Gasteiger partial charge in [-0.3, -0.25) is 4.99 Å². The van der Waals surface area contributed by atoms with Gasteiger partial charge in [0.25, 0.3) is 0 Å². The van der Waals surface area contributed by atoms with Gasteiger partial charge in [0, 0.05) is 11.8 Å². The van der Waals surface area contributed by atoms with Gasteiger partial charge in [0.15, 0.2) is 5.17 Å². The maximum atomic E-state index is 12.0. The van der Waals surface area contributed by atoms with E-state index in [2.05, 4.69) is 31.1 Å². The van der Waals surface area contributed by atoms with E-state index < -0.39 is 12.7 Å². The summed E-state index contributed by atoms with van der Waals surface area (Å²) in [7, 11) is 0. The predicted molar refractivity (Wildman–Crippen MR) is 61.8 cm³/mol. The summed E-state index contributed by atoms with van der Waals surface area (Å²) in [5.74, 6) is 0.825. The van der Waals surface area contributed by atoms with Gasteiger partial charge in [-0.1, -0.05) is 32.5 Å². The standard InChI is InChI=1S/C10H17F3N2S/c1-9(2,3)7-4-5-16-8(15-7)14-6-10(11,12)13/h7H,4-6H2,1-3H3,(H,14,15). The Morgan fingerprint density at radius 1 is 1.38 bits per heavy atom. The number of hydrogen-bond donors (Lipinski definition) is 1. The molecule has 0 bridgehead atoms. The van der Waals surface area contributed by atoms with Crippen LogP contribution in [0.4, 0.5) is 13.2 Å². The minimum atomic E-state index is -4.22. The van der Waals surface area contributed by atoms with Crippen LogP contribution in [-0.2, 0) is 0 Å². The molecule has 0 spiro atoms. The molecule has 1 aliphatic rings. The van der Waals surface area contributed by atoms with Gasteiger partial charge in [0.05, 0.1) is 0 Å². The molecule has 6 heteroatoms. The highest BCUT2D eigenvalue weighted by Crippen LogP contribution is 2.27. The molecule has 94 valence electrons. The van der Waals surface area contributed by atoms with Crippen LogP contribution in [0.5, 0.6) is 0 Å². The van der Waals surface area contributed by atoms with Crippen LogP contribution in [0.2, 0.25) is 0 Å². The van der Waals surface area contributed by atoms with Crippen molar-refractivity contribution in [1.29, 1.82) is 0 Å². The largest absolute Gasteiger partial charge is 0.408 e. The Morgan fingerprint density at radius 2 is 2.00 bits per heavy atom. The van der Waals surface area contributed by atoms with E-state index in [4.69, 9.17) is 0 Å². The molecular formula is C10H17F3N2S. The fourth-order valence-electron chi connectivity index (χ4n) is 1.44. The van der Waals surface area contributed by atoms with Gasteiger partial charge < -0.3 is 5.32 Å². The first-order chi connectivity index (χ1) is 7.18. The Kier molecular flexibility index (Phi) is 4.15. The van der Waals surface area contributed by atoms with Crippen molar-refractivity contribution in [1.82, 2.24) is 5.32 Å². The molecule has 1 unspecified atom stereocenters. The first-order valence-electron chi connectivity index (χ1n) is 5.19. The lowest BCUT2D eigenvalue weighted by molar-refractivity contribution is -0.118. The number of nitrogens with one attached hydrogen (secondary N) is 1. The van der Waals surface area contributed by atoms with Crippen molar-refractivity contribution >= 4 is 16.9 Å². The number of rotatable bonds is 1. The number of amidine groups is 1. The maximum absolute atomic E-state index is 12.0. The molecule has 0 radical (unpaired) electrons. The minimum absolute atomic E-state index is 0.0416. The normalized spacial score (nSPS) is 25.6. The van der Waals surface area contributed by atoms with Crippen molar-refractivity contribution in [2.24, 2.45) is 10.4 Å². The number of halogens is 3. The molecule has 0 aliphatic carbocycles. The summed E-state index contributed by atoms with van der Waals surface area (Å²) in [4.78, 5) is 3.56. The van der Waals surface area contributed by atoms with Gasteiger partial charge in [-0.25, -0.2) is 0 Å². The van der Waals surface area contributed by atoms with Crippen LogP contribution >= 0.6 is 11.8 Å². The molecule has 0 amide bonds. The monoisotopic (exact) mass is 254 g/mol. The molecule has 0 aromatic carbocycles. The summed E-state index contributed by atoms with van der Waals surface area (Å²) in [6, 6.07) is 0.195. The Hall–Kier alpha value is -0.390. The summed E-state index contributed by atoms with van der Waals surface area (Å²) in [6.45, 7) is 5.12. The number of nitrogens with zero attached hydrogens (tertiary/aromatic N) is 1. The van der Waals surface area contributed by atoms with Crippen molar-refractivity contribution < 1.29 is 13.2 Å². The smallest absolute Gasteiger partial charge is 0.362 e. The summed E-state index contributed by atoms with van der Waals surface area (Å²) in [6.07, 6.45) is -3.26. The van der Waals surface area contributed by atoms with Gasteiger partial charge in [0.2, 0.25) is 0 Å². The average Bonchev–Trinajstić information content (AvgIpc) is 2.13. The average molecular weight is 254 g/mol. The third kappa shape index (κ3) is 4.63. The van der Waals surface area contributed by atoms with Gasteiger partial charge >= 0.3 is 6.18 Å². The molecule has 0 aromatic heterocycles. The van der Waals surface area contributed by atoms with E-state index in [1.54, 1.807) is 0 Å². The zero-order valence-corrected chi connectivity index (χ0v) is 10.5. The summed E-state index contributed by atoms with van der Waals surface area (Å²) >= 11 is 1.36. The Morgan fingerprint density at radius 3 is 2.50 bits per heavy atom. The van der Waals surface area contributed by atoms with Gasteiger partial charge in [-0.05, 0) is 11.8 Å². The minimum Gasteiger partial charge on any atom is -0.362 e. The molecule has 1 fully saturated rings. The van der Waals surface area contributed by atoms with E-state index in [9.17, 15) is 13.2 Å². The summed E-state index contributed by atoms with van der Waals surface area (Å²) in [5, 5.41) is 3.50. The predicted octanol–water partition coefficient (Wildman–Crippen LogP) is 3.05. The highest BCUT2D eigenvalue weighted by atomic mass is 32.2. The van der Waals surface area contributed by atoms with E-state index >= 15 is 0 Å². The molecule has 1 saturated heterocycles. The molecule has 0 saturated carbocycles. The molecule has 16 heavy (non-hydrogen) atoms. The second-order valence-electron chi connectivity index (χ2n) is 4.94. The quantitative estimate of drug-likeness (QED) is 0.777. The second-order valence-corrected chi connectivity index (χ2v) is 6.02. The number of alkyl halides is 3. The lowest BCUT2D eigenvalue weighted by atomic mass is 9.85. The van der Waals surface area contributed by atoms with E-state index in [1.165, 1.54) is 11.8 Å². The zero-order valence-electron chi connectivity index (χ0n) is 9.69. The van der Waals surface area contributed by atoms with Gasteiger partial charge in [-0.15, -0.1) is 0 Å². The molecule has 1 atom stereocenters. The molecule has 1 rings (SSSR count). The van der Waals surface area contributed by atoms with Crippen molar-refractivity contribution in [3.63, 3.8) is 0 Å². The van der Waals surface area contributed by atoms with E-state index in [1.807, 2.05) is 0 Å². The molecule has 0 aromatic rings. The Balaban J connectivity index is 2.57. The van der Waals surface area contributed by atoms with Crippen LogP contribution < -0.4 is 5.32 Å². The van der Waals surface area contributed by atoms with Gasteiger partial charge in [0.1, 0.15) is 6.54 Å². The fourth-order valence-corrected chi connectivity index (χ4v) is 2.37. The highest BCUT2D eigenvalue weighted by molar-refractivity contribution is 8.13. The second kappa shape index (κ2) is 4.85. The molecule has 1 heterocycles. The van der Waals surface area contributed by atoms with Crippen LogP contribution in [0.1, 0.15) is 27.2 Å². The number of thioether (sulfide) groups is 1. The molecular weight excluding hydrogens is 237 g/mol. The zero-order chi connectivity index (χ0) is 12.4. The van der Waals surface area contributed by atoms with E-state index in [-0.39, 0.29) is 11.5 Å². The van der Waals surface area contributed by atoms with Crippen LogP contribution in [0.15, 0.2) is 4.99 Å².